The molecule has 17 heavy (non-hydrogen) atoms. The van der Waals surface area contributed by atoms with Gasteiger partial charge in [-0.1, -0.05) is 64.2 Å². The first-order chi connectivity index (χ1) is 8.41. The summed E-state index contributed by atoms with van der Waals surface area (Å²) in [6.07, 6.45) is 18.5. The lowest BCUT2D eigenvalue weighted by atomic mass is 10.1. The fourth-order valence-electron chi connectivity index (χ4n) is 2.13. The second-order valence-electron chi connectivity index (χ2n) is 4.96. The third-order valence-corrected chi connectivity index (χ3v) is 3.95. The van der Waals surface area contributed by atoms with Gasteiger partial charge in [-0.2, -0.15) is 11.8 Å². The molecule has 0 bridgehead atoms. The van der Waals surface area contributed by atoms with E-state index in [0.29, 0.717) is 6.61 Å². The molecule has 0 aromatic rings. The summed E-state index contributed by atoms with van der Waals surface area (Å²) in [6.45, 7) is 0.372. The largest absolute Gasteiger partial charge is 0.396 e. The predicted molar refractivity (Wildman–Crippen MR) is 80.9 cm³/mol. The zero-order valence-electron chi connectivity index (χ0n) is 11.8. The van der Waals surface area contributed by atoms with Gasteiger partial charge in [0, 0.05) is 6.61 Å². The maximum atomic E-state index is 8.64. The van der Waals surface area contributed by atoms with Gasteiger partial charge in [-0.3, -0.25) is 0 Å². The summed E-state index contributed by atoms with van der Waals surface area (Å²) in [6, 6.07) is 0. The quantitative estimate of drug-likeness (QED) is 0.442. The number of aliphatic hydroxyl groups excluding tert-OH is 1. The standard InChI is InChI=1S/C15H32OS/c1-17-15-13-11-9-7-5-3-2-4-6-8-10-12-14-16/h16H,2-15H2,1H3. The Labute approximate surface area is 113 Å². The summed E-state index contributed by atoms with van der Waals surface area (Å²) in [4.78, 5) is 0. The van der Waals surface area contributed by atoms with Crippen LogP contribution in [0.3, 0.4) is 0 Å². The number of hydrogen-bond donors (Lipinski definition) is 1. The summed E-state index contributed by atoms with van der Waals surface area (Å²) in [5.74, 6) is 1.34. The van der Waals surface area contributed by atoms with Gasteiger partial charge in [0.2, 0.25) is 0 Å². The first-order valence-electron chi connectivity index (χ1n) is 7.51. The first-order valence-corrected chi connectivity index (χ1v) is 8.91. The third-order valence-electron chi connectivity index (χ3n) is 3.26. The molecule has 0 aliphatic carbocycles. The van der Waals surface area contributed by atoms with E-state index in [1.54, 1.807) is 0 Å². The molecule has 1 N–H and O–H groups in total. The van der Waals surface area contributed by atoms with Gasteiger partial charge in [-0.25, -0.2) is 0 Å². The molecule has 0 saturated heterocycles. The molecule has 0 aromatic carbocycles. The molecule has 0 aromatic heterocycles. The van der Waals surface area contributed by atoms with Crippen LogP contribution in [0.25, 0.3) is 0 Å². The van der Waals surface area contributed by atoms with E-state index in [9.17, 15) is 0 Å². The fraction of sp³-hybridized carbons (Fsp3) is 1.00. The number of rotatable bonds is 14. The maximum absolute atomic E-state index is 8.64. The summed E-state index contributed by atoms with van der Waals surface area (Å²) in [5, 5.41) is 8.64. The van der Waals surface area contributed by atoms with Gasteiger partial charge >= 0.3 is 0 Å². The average molecular weight is 260 g/mol. The van der Waals surface area contributed by atoms with Gasteiger partial charge in [0.05, 0.1) is 0 Å². The minimum absolute atomic E-state index is 0.372. The van der Waals surface area contributed by atoms with E-state index in [0.717, 1.165) is 6.42 Å². The smallest absolute Gasteiger partial charge is 0.0431 e. The van der Waals surface area contributed by atoms with Crippen LogP contribution in [-0.4, -0.2) is 23.7 Å². The summed E-state index contributed by atoms with van der Waals surface area (Å²) >= 11 is 1.97. The first kappa shape index (κ1) is 17.3. The summed E-state index contributed by atoms with van der Waals surface area (Å²) in [7, 11) is 0. The third kappa shape index (κ3) is 16.3. The van der Waals surface area contributed by atoms with Crippen molar-refractivity contribution in [3.8, 4) is 0 Å². The second-order valence-corrected chi connectivity index (χ2v) is 5.94. The highest BCUT2D eigenvalue weighted by atomic mass is 32.2. The molecule has 2 heteroatoms. The molecule has 0 atom stereocenters. The van der Waals surface area contributed by atoms with Crippen LogP contribution in [0.1, 0.15) is 77.0 Å². The SMILES string of the molecule is CSCCCCCCCCCCCCCCO. The molecule has 1 nitrogen and oxygen atoms in total. The number of aliphatic hydroxyl groups is 1. The van der Waals surface area contributed by atoms with Gasteiger partial charge in [-0.05, 0) is 24.9 Å². The molecule has 104 valence electrons. The number of thioether (sulfide) groups is 1. The van der Waals surface area contributed by atoms with Crippen LogP contribution in [0.5, 0.6) is 0 Å². The van der Waals surface area contributed by atoms with Crippen molar-refractivity contribution in [3.05, 3.63) is 0 Å². The van der Waals surface area contributed by atoms with Crippen LogP contribution in [0, 0.1) is 0 Å². The van der Waals surface area contributed by atoms with Crippen LogP contribution in [0.2, 0.25) is 0 Å². The Balaban J connectivity index is 2.85. The second kappa shape index (κ2) is 16.3. The van der Waals surface area contributed by atoms with E-state index in [2.05, 4.69) is 6.26 Å². The van der Waals surface area contributed by atoms with Crippen molar-refractivity contribution in [2.45, 2.75) is 77.0 Å². The minimum Gasteiger partial charge on any atom is -0.396 e. The average Bonchev–Trinajstić information content (AvgIpc) is 2.35. The molecular weight excluding hydrogens is 228 g/mol. The maximum Gasteiger partial charge on any atom is 0.0431 e. The topological polar surface area (TPSA) is 20.2 Å². The molecule has 0 rings (SSSR count). The summed E-state index contributed by atoms with van der Waals surface area (Å²) in [5.41, 5.74) is 0. The molecule has 0 unspecified atom stereocenters. The lowest BCUT2D eigenvalue weighted by molar-refractivity contribution is 0.282. The van der Waals surface area contributed by atoms with Crippen molar-refractivity contribution in [3.63, 3.8) is 0 Å². The summed E-state index contributed by atoms with van der Waals surface area (Å²) < 4.78 is 0. The Kier molecular flexibility index (Phi) is 16.6. The zero-order valence-corrected chi connectivity index (χ0v) is 12.6. The van der Waals surface area contributed by atoms with Gasteiger partial charge < -0.3 is 5.11 Å². The van der Waals surface area contributed by atoms with E-state index in [-0.39, 0.29) is 0 Å². The Morgan fingerprint density at radius 1 is 0.588 bits per heavy atom. The molecule has 0 aliphatic heterocycles. The van der Waals surface area contributed by atoms with Crippen LogP contribution in [-0.2, 0) is 0 Å². The van der Waals surface area contributed by atoms with Gasteiger partial charge in [0.1, 0.15) is 0 Å². The molecular formula is C15H32OS. The lowest BCUT2D eigenvalue weighted by Crippen LogP contribution is -1.85. The number of hydrogen-bond acceptors (Lipinski definition) is 2. The van der Waals surface area contributed by atoms with Crippen molar-refractivity contribution in [2.75, 3.05) is 18.6 Å². The fourth-order valence-corrected chi connectivity index (χ4v) is 2.62. The van der Waals surface area contributed by atoms with Crippen LogP contribution in [0.15, 0.2) is 0 Å². The zero-order chi connectivity index (χ0) is 12.6. The molecule has 0 heterocycles. The van der Waals surface area contributed by atoms with E-state index in [4.69, 9.17) is 5.11 Å². The minimum atomic E-state index is 0.372. The van der Waals surface area contributed by atoms with Crippen LogP contribution in [0.4, 0.5) is 0 Å². The van der Waals surface area contributed by atoms with Gasteiger partial charge in [0.25, 0.3) is 0 Å². The Bertz CT molecular complexity index is 114. The monoisotopic (exact) mass is 260 g/mol. The van der Waals surface area contributed by atoms with Crippen LogP contribution < -0.4 is 0 Å². The highest BCUT2D eigenvalue weighted by molar-refractivity contribution is 7.98. The molecule has 0 fully saturated rings. The molecule has 0 spiro atoms. The Hall–Kier alpha value is 0.310. The van der Waals surface area contributed by atoms with Crippen LogP contribution >= 0.6 is 11.8 Å². The van der Waals surface area contributed by atoms with E-state index in [1.807, 2.05) is 11.8 Å². The predicted octanol–water partition coefficient (Wildman–Crippen LogP) is 5.02. The van der Waals surface area contributed by atoms with Crippen molar-refractivity contribution >= 4 is 11.8 Å². The molecule has 0 amide bonds. The van der Waals surface area contributed by atoms with E-state index < -0.39 is 0 Å². The number of unbranched alkanes of at least 4 members (excludes halogenated alkanes) is 11. The highest BCUT2D eigenvalue weighted by Gasteiger charge is 1.93. The lowest BCUT2D eigenvalue weighted by Gasteiger charge is -2.02. The van der Waals surface area contributed by atoms with E-state index in [1.165, 1.54) is 76.4 Å². The van der Waals surface area contributed by atoms with Gasteiger partial charge in [0.15, 0.2) is 0 Å². The highest BCUT2D eigenvalue weighted by Crippen LogP contribution is 2.12. The van der Waals surface area contributed by atoms with Crippen molar-refractivity contribution in [1.82, 2.24) is 0 Å². The Morgan fingerprint density at radius 3 is 1.29 bits per heavy atom. The Morgan fingerprint density at radius 2 is 0.941 bits per heavy atom. The van der Waals surface area contributed by atoms with Crippen molar-refractivity contribution in [2.24, 2.45) is 0 Å². The molecule has 0 radical (unpaired) electrons. The molecule has 0 saturated carbocycles. The van der Waals surface area contributed by atoms with Crippen molar-refractivity contribution in [1.29, 1.82) is 0 Å². The normalized spacial score (nSPS) is 10.9. The van der Waals surface area contributed by atoms with E-state index >= 15 is 0 Å². The molecule has 0 aliphatic rings. The van der Waals surface area contributed by atoms with Crippen molar-refractivity contribution < 1.29 is 5.11 Å². The van der Waals surface area contributed by atoms with Gasteiger partial charge in [-0.15, -0.1) is 0 Å².